The molecule has 0 radical (unpaired) electrons. The summed E-state index contributed by atoms with van der Waals surface area (Å²) in [7, 11) is 0. The van der Waals surface area contributed by atoms with Crippen molar-refractivity contribution >= 4 is 23.8 Å². The molecule has 96 valence electrons. The van der Waals surface area contributed by atoms with Gasteiger partial charge in [-0.2, -0.15) is 0 Å². The monoisotopic (exact) mass is 247 g/mol. The molecule has 3 N–H and O–H groups in total. The minimum Gasteiger partial charge on any atom is -0.481 e. The summed E-state index contributed by atoms with van der Waals surface area (Å²) in [5.74, 6) is -4.40. The molecule has 0 aliphatic rings. The van der Waals surface area contributed by atoms with Gasteiger partial charge in [-0.3, -0.25) is 9.59 Å². The molecule has 8 heteroatoms. The summed E-state index contributed by atoms with van der Waals surface area (Å²) in [6, 6.07) is -1.40. The van der Waals surface area contributed by atoms with Gasteiger partial charge >= 0.3 is 17.9 Å². The van der Waals surface area contributed by atoms with Crippen molar-refractivity contribution in [1.29, 1.82) is 0 Å². The normalized spacial score (nSPS) is 13.3. The fourth-order valence-corrected chi connectivity index (χ4v) is 0.920. The van der Waals surface area contributed by atoms with E-state index in [1.54, 1.807) is 0 Å². The van der Waals surface area contributed by atoms with Gasteiger partial charge in [0.05, 0.1) is 6.42 Å². The molecule has 0 heterocycles. The lowest BCUT2D eigenvalue weighted by Crippen LogP contribution is -2.44. The Labute approximate surface area is 96.6 Å². The van der Waals surface area contributed by atoms with E-state index in [0.29, 0.717) is 0 Å². The van der Waals surface area contributed by atoms with E-state index in [1.165, 1.54) is 0 Å². The second-order valence-corrected chi connectivity index (χ2v) is 3.27. The number of carboxylic acids is 2. The number of esters is 1. The molecule has 1 unspecified atom stereocenters. The molecule has 1 amide bonds. The van der Waals surface area contributed by atoms with Gasteiger partial charge in [0.2, 0.25) is 5.91 Å². The zero-order chi connectivity index (χ0) is 13.6. The summed E-state index contributed by atoms with van der Waals surface area (Å²) in [6.07, 6.45) is -2.09. The zero-order valence-electron chi connectivity index (χ0n) is 9.30. The minimum atomic E-state index is -1.41. The van der Waals surface area contributed by atoms with Crippen molar-refractivity contribution in [2.24, 2.45) is 0 Å². The SMILES string of the molecule is CC(=O)N[C@@H](CC(=O)O)C(=O)OC(C)C(=O)O. The van der Waals surface area contributed by atoms with Crippen molar-refractivity contribution in [3.05, 3.63) is 0 Å². The van der Waals surface area contributed by atoms with E-state index < -0.39 is 42.4 Å². The van der Waals surface area contributed by atoms with Gasteiger partial charge in [-0.1, -0.05) is 0 Å². The number of aliphatic carboxylic acids is 2. The Morgan fingerprint density at radius 3 is 2.12 bits per heavy atom. The van der Waals surface area contributed by atoms with Crippen LogP contribution in [-0.4, -0.2) is 46.2 Å². The summed E-state index contributed by atoms with van der Waals surface area (Å²) < 4.78 is 4.46. The largest absolute Gasteiger partial charge is 0.481 e. The number of rotatable bonds is 6. The summed E-state index contributed by atoms with van der Waals surface area (Å²) >= 11 is 0. The first-order chi connectivity index (χ1) is 7.73. The third-order valence-corrected chi connectivity index (χ3v) is 1.68. The molecule has 0 spiro atoms. The van der Waals surface area contributed by atoms with E-state index in [0.717, 1.165) is 13.8 Å². The molecule has 0 bridgehead atoms. The molecular weight excluding hydrogens is 234 g/mol. The first kappa shape index (κ1) is 14.9. The molecule has 0 aliphatic heterocycles. The van der Waals surface area contributed by atoms with Crippen LogP contribution in [0.1, 0.15) is 20.3 Å². The molecule has 0 rings (SSSR count). The number of hydrogen-bond acceptors (Lipinski definition) is 5. The van der Waals surface area contributed by atoms with Gasteiger partial charge in [0.15, 0.2) is 6.10 Å². The summed E-state index contributed by atoms with van der Waals surface area (Å²) in [5.41, 5.74) is 0. The molecule has 2 atom stereocenters. The highest BCUT2D eigenvalue weighted by atomic mass is 16.6. The van der Waals surface area contributed by atoms with Crippen molar-refractivity contribution in [3.63, 3.8) is 0 Å². The van der Waals surface area contributed by atoms with Crippen LogP contribution in [0.5, 0.6) is 0 Å². The first-order valence-corrected chi connectivity index (χ1v) is 4.66. The summed E-state index contributed by atoms with van der Waals surface area (Å²) in [6.45, 7) is 2.22. The summed E-state index contributed by atoms with van der Waals surface area (Å²) in [5, 5.41) is 19.1. The second-order valence-electron chi connectivity index (χ2n) is 3.27. The van der Waals surface area contributed by atoms with E-state index in [2.05, 4.69) is 10.1 Å². The Kier molecular flexibility index (Phi) is 5.65. The molecule has 0 aromatic rings. The van der Waals surface area contributed by atoms with Crippen LogP contribution in [0.3, 0.4) is 0 Å². The molecule has 0 saturated heterocycles. The Hall–Kier alpha value is -2.12. The van der Waals surface area contributed by atoms with Crippen LogP contribution in [0.4, 0.5) is 0 Å². The van der Waals surface area contributed by atoms with Gasteiger partial charge in [-0.15, -0.1) is 0 Å². The third kappa shape index (κ3) is 6.13. The van der Waals surface area contributed by atoms with Crippen LogP contribution in [-0.2, 0) is 23.9 Å². The molecule has 8 nitrogen and oxygen atoms in total. The van der Waals surface area contributed by atoms with Crippen LogP contribution in [0.2, 0.25) is 0 Å². The van der Waals surface area contributed by atoms with Gasteiger partial charge < -0.3 is 20.3 Å². The number of carboxylic acid groups (broad SMARTS) is 2. The van der Waals surface area contributed by atoms with Crippen LogP contribution in [0, 0.1) is 0 Å². The van der Waals surface area contributed by atoms with E-state index in [9.17, 15) is 19.2 Å². The highest BCUT2D eigenvalue weighted by Crippen LogP contribution is 2.00. The lowest BCUT2D eigenvalue weighted by molar-refractivity contribution is -0.165. The van der Waals surface area contributed by atoms with Crippen molar-refractivity contribution in [2.75, 3.05) is 0 Å². The quantitative estimate of drug-likeness (QED) is 0.512. The highest BCUT2D eigenvalue weighted by Gasteiger charge is 2.27. The lowest BCUT2D eigenvalue weighted by Gasteiger charge is -2.16. The number of nitrogens with one attached hydrogen (secondary N) is 1. The maximum atomic E-state index is 11.4. The number of carbonyl (C=O) groups excluding carboxylic acids is 2. The standard InChI is InChI=1S/C9H13NO7/c1-4(8(14)15)17-9(16)6(3-7(12)13)10-5(2)11/h4,6H,3H2,1-2H3,(H,10,11)(H,12,13)(H,14,15)/t4?,6-/m0/s1. The zero-order valence-corrected chi connectivity index (χ0v) is 9.30. The number of carbonyl (C=O) groups is 4. The predicted octanol–water partition coefficient (Wildman–Crippen LogP) is -1.02. The fourth-order valence-electron chi connectivity index (χ4n) is 0.920. The third-order valence-electron chi connectivity index (χ3n) is 1.68. The summed E-state index contributed by atoms with van der Waals surface area (Å²) in [4.78, 5) is 43.0. The van der Waals surface area contributed by atoms with Crippen molar-refractivity contribution in [2.45, 2.75) is 32.4 Å². The molecule has 0 fully saturated rings. The lowest BCUT2D eigenvalue weighted by atomic mass is 10.2. The predicted molar refractivity (Wildman–Crippen MR) is 53.0 cm³/mol. The minimum absolute atomic E-state index is 0.615. The van der Waals surface area contributed by atoms with E-state index >= 15 is 0 Å². The average molecular weight is 247 g/mol. The second kappa shape index (κ2) is 6.46. The highest BCUT2D eigenvalue weighted by molar-refractivity contribution is 5.88. The molecule has 17 heavy (non-hydrogen) atoms. The van der Waals surface area contributed by atoms with Gasteiger partial charge in [-0.25, -0.2) is 9.59 Å². The smallest absolute Gasteiger partial charge is 0.344 e. The van der Waals surface area contributed by atoms with Gasteiger partial charge in [-0.05, 0) is 6.92 Å². The Balaban J connectivity index is 4.57. The van der Waals surface area contributed by atoms with Crippen LogP contribution < -0.4 is 5.32 Å². The molecule has 0 saturated carbocycles. The molecule has 0 aromatic carbocycles. The van der Waals surface area contributed by atoms with E-state index in [4.69, 9.17) is 10.2 Å². The Morgan fingerprint density at radius 1 is 1.24 bits per heavy atom. The van der Waals surface area contributed by atoms with E-state index in [1.807, 2.05) is 0 Å². The van der Waals surface area contributed by atoms with E-state index in [-0.39, 0.29) is 0 Å². The van der Waals surface area contributed by atoms with Crippen molar-refractivity contribution < 1.29 is 34.1 Å². The number of ether oxygens (including phenoxy) is 1. The van der Waals surface area contributed by atoms with Crippen molar-refractivity contribution in [1.82, 2.24) is 5.32 Å². The van der Waals surface area contributed by atoms with Crippen LogP contribution in [0.25, 0.3) is 0 Å². The van der Waals surface area contributed by atoms with Crippen LogP contribution >= 0.6 is 0 Å². The van der Waals surface area contributed by atoms with Gasteiger partial charge in [0.25, 0.3) is 0 Å². The fraction of sp³-hybridized carbons (Fsp3) is 0.556. The van der Waals surface area contributed by atoms with Gasteiger partial charge in [0, 0.05) is 6.92 Å². The molecule has 0 aliphatic carbocycles. The van der Waals surface area contributed by atoms with Crippen molar-refractivity contribution in [3.8, 4) is 0 Å². The molecular formula is C9H13NO7. The number of amides is 1. The van der Waals surface area contributed by atoms with Gasteiger partial charge in [0.1, 0.15) is 6.04 Å². The first-order valence-electron chi connectivity index (χ1n) is 4.66. The maximum absolute atomic E-state index is 11.4. The van der Waals surface area contributed by atoms with Crippen LogP contribution in [0.15, 0.2) is 0 Å². The number of hydrogen-bond donors (Lipinski definition) is 3. The molecule has 0 aromatic heterocycles. The average Bonchev–Trinajstić information content (AvgIpc) is 2.14. The Morgan fingerprint density at radius 2 is 1.76 bits per heavy atom. The maximum Gasteiger partial charge on any atom is 0.344 e. The Bertz CT molecular complexity index is 322. The topological polar surface area (TPSA) is 130 Å².